The number of aromatic amines is 1. The Morgan fingerprint density at radius 3 is 1.61 bits per heavy atom. The van der Waals surface area contributed by atoms with Crippen molar-refractivity contribution in [1.29, 1.82) is 0 Å². The van der Waals surface area contributed by atoms with Crippen molar-refractivity contribution in [1.82, 2.24) is 24.6 Å². The van der Waals surface area contributed by atoms with E-state index in [1.807, 2.05) is 59.5 Å². The molecule has 0 spiro atoms. The number of para-hydroxylation sites is 1. The predicted molar refractivity (Wildman–Crippen MR) is 206 cm³/mol. The number of ketones is 2. The summed E-state index contributed by atoms with van der Waals surface area (Å²) in [7, 11) is 0. The number of carboxylic acids is 4. The third-order valence-electron chi connectivity index (χ3n) is 9.07. The highest BCUT2D eigenvalue weighted by molar-refractivity contribution is 5.86. The first kappa shape index (κ1) is 45.4. The molecule has 0 amide bonds. The van der Waals surface area contributed by atoms with Crippen LogP contribution in [0.25, 0.3) is 10.9 Å². The van der Waals surface area contributed by atoms with Gasteiger partial charge >= 0.3 is 17.9 Å². The van der Waals surface area contributed by atoms with Gasteiger partial charge in [-0.15, -0.1) is 0 Å². The molecule has 1 saturated heterocycles. The van der Waals surface area contributed by atoms with E-state index in [-0.39, 0.29) is 57.4 Å². The van der Waals surface area contributed by atoms with Crippen LogP contribution in [-0.4, -0.2) is 172 Å². The third kappa shape index (κ3) is 18.1. The molecule has 0 unspecified atom stereocenters. The minimum absolute atomic E-state index is 0.00371. The van der Waals surface area contributed by atoms with Gasteiger partial charge in [0.25, 0.3) is 5.97 Å². The van der Waals surface area contributed by atoms with E-state index < -0.39 is 29.9 Å². The summed E-state index contributed by atoms with van der Waals surface area (Å²) in [4.78, 5) is 79.5. The number of aromatic nitrogens is 1. The Bertz CT molecular complexity index is 1680. The Labute approximate surface area is 325 Å². The fourth-order valence-corrected chi connectivity index (χ4v) is 6.17. The van der Waals surface area contributed by atoms with Crippen molar-refractivity contribution in [2.45, 2.75) is 38.8 Å². The number of hydrogen-bond donors (Lipinski definition) is 6. The van der Waals surface area contributed by atoms with Gasteiger partial charge in [0.1, 0.15) is 12.4 Å². The van der Waals surface area contributed by atoms with Gasteiger partial charge in [0.15, 0.2) is 5.78 Å². The van der Waals surface area contributed by atoms with E-state index in [0.717, 1.165) is 34.6 Å². The van der Waals surface area contributed by atoms with Crippen LogP contribution in [0.1, 0.15) is 30.2 Å². The molecular weight excluding hydrogens is 728 g/mol. The summed E-state index contributed by atoms with van der Waals surface area (Å²) >= 11 is 0. The molecule has 306 valence electrons. The number of rotatable bonds is 18. The second kappa shape index (κ2) is 23.8. The van der Waals surface area contributed by atoms with Crippen LogP contribution >= 0.6 is 0 Å². The second-order valence-corrected chi connectivity index (χ2v) is 13.8. The van der Waals surface area contributed by atoms with Crippen LogP contribution < -0.4 is 5.73 Å². The van der Waals surface area contributed by atoms with Crippen molar-refractivity contribution in [3.05, 3.63) is 71.4 Å². The lowest BCUT2D eigenvalue weighted by Crippen LogP contribution is -2.49. The molecule has 1 fully saturated rings. The maximum atomic E-state index is 13.1. The number of nitrogens with zero attached hydrogens (tertiary/aromatic N) is 4. The van der Waals surface area contributed by atoms with Crippen molar-refractivity contribution in [2.24, 2.45) is 5.73 Å². The molecular formula is C39H54N6O11. The number of ether oxygens (including phenoxy) is 1. The zero-order valence-corrected chi connectivity index (χ0v) is 31.8. The minimum atomic E-state index is -1.01. The van der Waals surface area contributed by atoms with Gasteiger partial charge in [0, 0.05) is 83.3 Å². The number of nitrogens with one attached hydrogen (secondary N) is 1. The molecule has 0 aliphatic carbocycles. The van der Waals surface area contributed by atoms with E-state index in [9.17, 15) is 39.3 Å². The summed E-state index contributed by atoms with van der Waals surface area (Å²) in [5.41, 5.74) is 9.89. The maximum Gasteiger partial charge on any atom is 0.317 e. The van der Waals surface area contributed by atoms with Crippen LogP contribution in [0.2, 0.25) is 0 Å². The lowest BCUT2D eigenvalue weighted by Gasteiger charge is -2.32. The van der Waals surface area contributed by atoms with Crippen molar-refractivity contribution in [3.63, 3.8) is 0 Å². The second-order valence-electron chi connectivity index (χ2n) is 13.8. The summed E-state index contributed by atoms with van der Waals surface area (Å²) in [5.74, 6) is -4.03. The quantitative estimate of drug-likeness (QED) is 0.105. The molecule has 7 N–H and O–H groups in total. The van der Waals surface area contributed by atoms with Gasteiger partial charge in [0.05, 0.1) is 38.8 Å². The molecule has 17 nitrogen and oxygen atoms in total. The number of carbonyl (C=O) groups is 6. The minimum Gasteiger partial charge on any atom is -0.481 e. The van der Waals surface area contributed by atoms with E-state index in [1.54, 1.807) is 14.7 Å². The highest BCUT2D eigenvalue weighted by atomic mass is 16.5. The molecule has 1 aromatic heterocycles. The number of fused-ring (bicyclic) bond motifs is 1. The molecule has 1 aliphatic rings. The summed E-state index contributed by atoms with van der Waals surface area (Å²) in [6.07, 6.45) is 1.20. The highest BCUT2D eigenvalue weighted by Gasteiger charge is 2.21. The molecule has 17 heteroatoms. The summed E-state index contributed by atoms with van der Waals surface area (Å²) in [5, 5.41) is 36.7. The van der Waals surface area contributed by atoms with Gasteiger partial charge in [-0.3, -0.25) is 48.4 Å². The van der Waals surface area contributed by atoms with Gasteiger partial charge < -0.3 is 35.9 Å². The van der Waals surface area contributed by atoms with E-state index >= 15 is 0 Å². The summed E-state index contributed by atoms with van der Waals surface area (Å²) in [6.45, 7) is 3.43. The van der Waals surface area contributed by atoms with E-state index in [0.29, 0.717) is 65.2 Å². The first-order valence-electron chi connectivity index (χ1n) is 18.4. The number of carbonyl (C=O) groups excluding carboxylic acids is 2. The standard InChI is InChI=1S/C37H50N6O9.C2H4O2/c38-32(20-30-19-29-3-1-2-4-33(29)39-30)34(45)26-52-25-28-7-5-27(6-8-28)9-10-31(44)21-40-11-13-41(22-35(46)47)15-17-43(24-37(50)51)18-16-42(14-12-40)23-36(48)49;1-2(3)4/h1-8,19,32,39H,9-18,20-26,38H2,(H,46,47)(H,48,49)(H,50,51);1H3,(H,3,4)/t32-;/m1./s1. The first-order valence-corrected chi connectivity index (χ1v) is 18.4. The van der Waals surface area contributed by atoms with E-state index in [2.05, 4.69) is 4.98 Å². The van der Waals surface area contributed by atoms with Crippen molar-refractivity contribution in [3.8, 4) is 0 Å². The molecule has 2 aromatic carbocycles. The number of hydrogen-bond acceptors (Lipinski definition) is 12. The molecule has 0 radical (unpaired) electrons. The number of aliphatic carboxylic acids is 4. The Kier molecular flexibility index (Phi) is 19.3. The predicted octanol–water partition coefficient (Wildman–Crippen LogP) is 0.892. The Balaban J connectivity index is 0.00000200. The van der Waals surface area contributed by atoms with Crippen LogP contribution in [0, 0.1) is 0 Å². The number of carboxylic acid groups (broad SMARTS) is 4. The summed E-state index contributed by atoms with van der Waals surface area (Å²) < 4.78 is 5.65. The number of nitrogens with two attached hydrogens (primary N) is 1. The van der Waals surface area contributed by atoms with E-state index in [4.69, 9.17) is 20.4 Å². The van der Waals surface area contributed by atoms with Gasteiger partial charge in [0.2, 0.25) is 0 Å². The fraction of sp³-hybridized carbons (Fsp3) is 0.487. The molecule has 1 aliphatic heterocycles. The van der Waals surface area contributed by atoms with Gasteiger partial charge in [-0.05, 0) is 35.1 Å². The first-order chi connectivity index (χ1) is 26.7. The average molecular weight is 783 g/mol. The van der Waals surface area contributed by atoms with Crippen molar-refractivity contribution in [2.75, 3.05) is 85.1 Å². The molecule has 0 bridgehead atoms. The normalized spacial score (nSPS) is 15.8. The molecule has 0 saturated carbocycles. The monoisotopic (exact) mass is 782 g/mol. The van der Waals surface area contributed by atoms with Gasteiger partial charge in [-0.1, -0.05) is 42.5 Å². The van der Waals surface area contributed by atoms with Crippen LogP contribution in [0.4, 0.5) is 0 Å². The molecule has 4 rings (SSSR count). The Hall–Kier alpha value is -5.04. The number of benzene rings is 2. The van der Waals surface area contributed by atoms with E-state index in [1.165, 1.54) is 0 Å². The van der Waals surface area contributed by atoms with Crippen LogP contribution in [0.3, 0.4) is 0 Å². The fourth-order valence-electron chi connectivity index (χ4n) is 6.17. The lowest BCUT2D eigenvalue weighted by molar-refractivity contribution is -0.140. The van der Waals surface area contributed by atoms with Crippen LogP contribution in [0.15, 0.2) is 54.6 Å². The third-order valence-corrected chi connectivity index (χ3v) is 9.07. The van der Waals surface area contributed by atoms with Crippen molar-refractivity contribution < 1.29 is 53.9 Å². The molecule has 56 heavy (non-hydrogen) atoms. The molecule has 3 aromatic rings. The van der Waals surface area contributed by atoms with Crippen molar-refractivity contribution >= 4 is 46.3 Å². The maximum absolute atomic E-state index is 13.1. The zero-order chi connectivity index (χ0) is 41.0. The highest BCUT2D eigenvalue weighted by Crippen LogP contribution is 2.16. The molecule has 1 atom stereocenters. The lowest BCUT2D eigenvalue weighted by atomic mass is 10.1. The molecule has 2 heterocycles. The zero-order valence-electron chi connectivity index (χ0n) is 31.8. The topological polar surface area (TPSA) is 247 Å². The van der Waals surface area contributed by atoms with Crippen LogP contribution in [-0.2, 0) is 53.0 Å². The largest absolute Gasteiger partial charge is 0.481 e. The Morgan fingerprint density at radius 1 is 0.696 bits per heavy atom. The van der Waals surface area contributed by atoms with Gasteiger partial charge in [-0.25, -0.2) is 0 Å². The smallest absolute Gasteiger partial charge is 0.317 e. The average Bonchev–Trinajstić information content (AvgIpc) is 3.53. The number of aryl methyl sites for hydroxylation is 1. The SMILES string of the molecule is CC(=O)O.N[C@H](Cc1cc2ccccc2[nH]1)C(=O)COCc1ccc(CCC(=O)CN2CCN(CC(=O)O)CCN(CC(=O)O)CCN(CC(=O)O)CC2)cc1. The van der Waals surface area contributed by atoms with Gasteiger partial charge in [-0.2, -0.15) is 0 Å². The Morgan fingerprint density at radius 2 is 1.14 bits per heavy atom. The van der Waals surface area contributed by atoms with Crippen LogP contribution in [0.5, 0.6) is 0 Å². The number of H-pyrrole nitrogens is 1. The number of Topliss-reactive ketones (excluding diaryl/α,β-unsaturated/α-hetero) is 2. The summed E-state index contributed by atoms with van der Waals surface area (Å²) in [6, 6.07) is 16.8.